The van der Waals surface area contributed by atoms with Crippen LogP contribution in [0.1, 0.15) is 10.4 Å². The maximum atomic E-state index is 12.7. The van der Waals surface area contributed by atoms with Crippen molar-refractivity contribution >= 4 is 21.9 Å². The molecule has 5 heteroatoms. The molecule has 0 bridgehead atoms. The fourth-order valence-corrected chi connectivity index (χ4v) is 1.28. The van der Waals surface area contributed by atoms with Gasteiger partial charge in [0.15, 0.2) is 11.6 Å². The molecule has 0 saturated heterocycles. The number of ether oxygens (including phenoxy) is 1. The van der Waals surface area contributed by atoms with Crippen LogP contribution in [0.5, 0.6) is 5.75 Å². The van der Waals surface area contributed by atoms with Crippen molar-refractivity contribution in [1.82, 2.24) is 0 Å². The summed E-state index contributed by atoms with van der Waals surface area (Å²) < 4.78 is 17.3. The first kappa shape index (κ1) is 9.98. The van der Waals surface area contributed by atoms with E-state index in [9.17, 15) is 9.18 Å². The minimum absolute atomic E-state index is 0.0846. The third kappa shape index (κ3) is 1.98. The summed E-state index contributed by atoms with van der Waals surface area (Å²) in [5.41, 5.74) is 0.0846. The molecule has 1 rings (SSSR count). The Bertz CT molecular complexity index is 351. The quantitative estimate of drug-likeness (QED) is 0.775. The summed E-state index contributed by atoms with van der Waals surface area (Å²) in [6, 6.07) is 2.01. The van der Waals surface area contributed by atoms with Crippen molar-refractivity contribution in [2.24, 2.45) is 0 Å². The van der Waals surface area contributed by atoms with E-state index in [4.69, 9.17) is 5.11 Å². The molecular weight excluding hydrogens is 243 g/mol. The number of esters is 1. The largest absolute Gasteiger partial charge is 0.505 e. The van der Waals surface area contributed by atoms with Crippen LogP contribution in [0.15, 0.2) is 16.6 Å². The molecule has 13 heavy (non-hydrogen) atoms. The first-order valence-electron chi connectivity index (χ1n) is 3.32. The monoisotopic (exact) mass is 248 g/mol. The zero-order chi connectivity index (χ0) is 10.0. The molecule has 0 spiro atoms. The van der Waals surface area contributed by atoms with E-state index in [1.807, 2.05) is 0 Å². The topological polar surface area (TPSA) is 46.5 Å². The van der Waals surface area contributed by atoms with E-state index >= 15 is 0 Å². The number of carbonyl (C=O) groups excluding carboxylic acids is 1. The summed E-state index contributed by atoms with van der Waals surface area (Å²) in [6.45, 7) is 0. The molecule has 0 aliphatic carbocycles. The summed E-state index contributed by atoms with van der Waals surface area (Å²) in [7, 11) is 1.20. The fraction of sp³-hybridized carbons (Fsp3) is 0.125. The van der Waals surface area contributed by atoms with E-state index in [1.165, 1.54) is 7.11 Å². The highest BCUT2D eigenvalue weighted by molar-refractivity contribution is 9.10. The average Bonchev–Trinajstić information content (AvgIpc) is 2.10. The van der Waals surface area contributed by atoms with Crippen molar-refractivity contribution in [3.8, 4) is 5.75 Å². The van der Waals surface area contributed by atoms with Crippen LogP contribution in [0, 0.1) is 5.82 Å². The molecule has 0 fully saturated rings. The first-order chi connectivity index (χ1) is 6.06. The van der Waals surface area contributed by atoms with Crippen molar-refractivity contribution in [2.75, 3.05) is 7.11 Å². The lowest BCUT2D eigenvalue weighted by Crippen LogP contribution is -2.02. The SMILES string of the molecule is COC(=O)c1cc(O)c(F)cc1Br. The number of methoxy groups -OCH3 is 1. The van der Waals surface area contributed by atoms with Crippen molar-refractivity contribution in [3.05, 3.63) is 28.0 Å². The Morgan fingerprint density at radius 1 is 1.62 bits per heavy atom. The number of rotatable bonds is 1. The predicted octanol–water partition coefficient (Wildman–Crippen LogP) is 2.08. The van der Waals surface area contributed by atoms with Gasteiger partial charge in [0.05, 0.1) is 12.7 Å². The van der Waals surface area contributed by atoms with Crippen LogP contribution in [-0.4, -0.2) is 18.2 Å². The summed E-state index contributed by atoms with van der Waals surface area (Å²) in [6.07, 6.45) is 0. The number of benzene rings is 1. The molecule has 0 aromatic heterocycles. The standard InChI is InChI=1S/C8H6BrFO3/c1-13-8(12)4-2-7(11)6(10)3-5(4)9/h2-3,11H,1H3. The lowest BCUT2D eigenvalue weighted by Gasteiger charge is -2.03. The van der Waals surface area contributed by atoms with Crippen LogP contribution in [0.3, 0.4) is 0 Å². The Morgan fingerprint density at radius 2 is 2.23 bits per heavy atom. The van der Waals surface area contributed by atoms with Crippen LogP contribution in [0.2, 0.25) is 0 Å². The molecule has 0 radical (unpaired) electrons. The van der Waals surface area contributed by atoms with Crippen LogP contribution in [0.25, 0.3) is 0 Å². The fourth-order valence-electron chi connectivity index (χ4n) is 0.804. The molecule has 1 aromatic carbocycles. The van der Waals surface area contributed by atoms with E-state index in [0.717, 1.165) is 12.1 Å². The first-order valence-corrected chi connectivity index (χ1v) is 4.12. The number of phenols is 1. The molecule has 0 atom stereocenters. The minimum atomic E-state index is -0.792. The van der Waals surface area contributed by atoms with Crippen LogP contribution in [-0.2, 0) is 4.74 Å². The van der Waals surface area contributed by atoms with E-state index in [-0.39, 0.29) is 10.0 Å². The Balaban J connectivity index is 3.23. The molecule has 0 saturated carbocycles. The van der Waals surface area contributed by atoms with E-state index in [0.29, 0.717) is 0 Å². The van der Waals surface area contributed by atoms with E-state index in [1.54, 1.807) is 0 Å². The molecule has 70 valence electrons. The van der Waals surface area contributed by atoms with Gasteiger partial charge < -0.3 is 9.84 Å². The van der Waals surface area contributed by atoms with Gasteiger partial charge in [0, 0.05) is 4.47 Å². The second kappa shape index (κ2) is 3.74. The van der Waals surface area contributed by atoms with Crippen molar-refractivity contribution in [2.45, 2.75) is 0 Å². The van der Waals surface area contributed by atoms with Gasteiger partial charge in [0.25, 0.3) is 0 Å². The number of hydrogen-bond donors (Lipinski definition) is 1. The van der Waals surface area contributed by atoms with Gasteiger partial charge >= 0.3 is 5.97 Å². The predicted molar refractivity (Wildman–Crippen MR) is 47.1 cm³/mol. The van der Waals surface area contributed by atoms with Crippen LogP contribution < -0.4 is 0 Å². The van der Waals surface area contributed by atoms with Gasteiger partial charge in [0.2, 0.25) is 0 Å². The van der Waals surface area contributed by atoms with E-state index < -0.39 is 17.5 Å². The Labute approximate surface area is 82.3 Å². The van der Waals surface area contributed by atoms with E-state index in [2.05, 4.69) is 20.7 Å². The molecule has 0 amide bonds. The highest BCUT2D eigenvalue weighted by Gasteiger charge is 2.13. The van der Waals surface area contributed by atoms with Crippen LogP contribution >= 0.6 is 15.9 Å². The molecule has 1 aromatic rings. The Hall–Kier alpha value is -1.10. The molecule has 0 aliphatic rings. The Morgan fingerprint density at radius 3 is 2.77 bits per heavy atom. The number of hydrogen-bond acceptors (Lipinski definition) is 3. The molecule has 3 nitrogen and oxygen atoms in total. The molecule has 0 unspecified atom stereocenters. The minimum Gasteiger partial charge on any atom is -0.505 e. The van der Waals surface area contributed by atoms with Crippen molar-refractivity contribution < 1.29 is 19.0 Å². The van der Waals surface area contributed by atoms with Gasteiger partial charge in [-0.05, 0) is 28.1 Å². The zero-order valence-corrected chi connectivity index (χ0v) is 8.26. The molecular formula is C8H6BrFO3. The number of halogens is 2. The summed E-state index contributed by atoms with van der Waals surface area (Å²) >= 11 is 2.97. The highest BCUT2D eigenvalue weighted by Crippen LogP contribution is 2.25. The van der Waals surface area contributed by atoms with Gasteiger partial charge in [0.1, 0.15) is 0 Å². The van der Waals surface area contributed by atoms with Gasteiger partial charge in [-0.3, -0.25) is 0 Å². The number of phenolic OH excluding ortho intramolecular Hbond substituents is 1. The Kier molecular flexibility index (Phi) is 2.87. The molecule has 0 aliphatic heterocycles. The van der Waals surface area contributed by atoms with Gasteiger partial charge in [-0.15, -0.1) is 0 Å². The summed E-state index contributed by atoms with van der Waals surface area (Å²) in [5, 5.41) is 8.97. The molecule has 1 N–H and O–H groups in total. The maximum absolute atomic E-state index is 12.7. The summed E-state index contributed by atoms with van der Waals surface area (Å²) in [5.74, 6) is -2.01. The third-order valence-corrected chi connectivity index (χ3v) is 2.10. The highest BCUT2D eigenvalue weighted by atomic mass is 79.9. The number of carbonyl (C=O) groups is 1. The summed E-state index contributed by atoms with van der Waals surface area (Å²) in [4.78, 5) is 11.0. The van der Waals surface area contributed by atoms with Crippen molar-refractivity contribution in [1.29, 1.82) is 0 Å². The van der Waals surface area contributed by atoms with Gasteiger partial charge in [-0.1, -0.05) is 0 Å². The smallest absolute Gasteiger partial charge is 0.339 e. The van der Waals surface area contributed by atoms with Gasteiger partial charge in [-0.2, -0.15) is 0 Å². The average molecular weight is 249 g/mol. The lowest BCUT2D eigenvalue weighted by atomic mass is 10.2. The molecule has 0 heterocycles. The van der Waals surface area contributed by atoms with Gasteiger partial charge in [-0.25, -0.2) is 9.18 Å². The maximum Gasteiger partial charge on any atom is 0.339 e. The van der Waals surface area contributed by atoms with Crippen molar-refractivity contribution in [3.63, 3.8) is 0 Å². The normalized spacial score (nSPS) is 9.77. The second-order valence-corrected chi connectivity index (χ2v) is 3.13. The van der Waals surface area contributed by atoms with Crippen LogP contribution in [0.4, 0.5) is 4.39 Å². The second-order valence-electron chi connectivity index (χ2n) is 2.28. The number of aromatic hydroxyl groups is 1. The zero-order valence-electron chi connectivity index (χ0n) is 6.67. The third-order valence-electron chi connectivity index (χ3n) is 1.44. The lowest BCUT2D eigenvalue weighted by molar-refractivity contribution is 0.0599.